The van der Waals surface area contributed by atoms with E-state index in [1.807, 2.05) is 0 Å². The molecule has 0 aromatic carbocycles. The van der Waals surface area contributed by atoms with E-state index in [2.05, 4.69) is 9.47 Å². The van der Waals surface area contributed by atoms with Crippen molar-refractivity contribution in [2.75, 3.05) is 7.11 Å². The SMILES string of the molecule is COC=O.O=C1OC(=O)C2CCCCC12. The zero-order valence-electron chi connectivity index (χ0n) is 8.60. The number of methoxy groups -OCH3 is 1. The summed E-state index contributed by atoms with van der Waals surface area (Å²) in [7, 11) is 1.31. The molecule has 1 aliphatic heterocycles. The smallest absolute Gasteiger partial charge is 0.317 e. The van der Waals surface area contributed by atoms with Crippen LogP contribution >= 0.6 is 0 Å². The van der Waals surface area contributed by atoms with Gasteiger partial charge in [-0.25, -0.2) is 0 Å². The van der Waals surface area contributed by atoms with Gasteiger partial charge in [0.15, 0.2) is 0 Å². The van der Waals surface area contributed by atoms with Gasteiger partial charge in [0.2, 0.25) is 0 Å². The van der Waals surface area contributed by atoms with E-state index in [0.717, 1.165) is 25.7 Å². The number of fused-ring (bicyclic) bond motifs is 1. The van der Waals surface area contributed by atoms with Crippen molar-refractivity contribution in [2.24, 2.45) is 11.8 Å². The second kappa shape index (κ2) is 5.48. The van der Waals surface area contributed by atoms with Gasteiger partial charge in [-0.1, -0.05) is 12.8 Å². The first-order valence-electron chi connectivity index (χ1n) is 4.92. The molecule has 15 heavy (non-hydrogen) atoms. The van der Waals surface area contributed by atoms with Crippen LogP contribution in [0.5, 0.6) is 0 Å². The van der Waals surface area contributed by atoms with Crippen LogP contribution in [0, 0.1) is 11.8 Å². The molecule has 0 aromatic rings. The van der Waals surface area contributed by atoms with Gasteiger partial charge >= 0.3 is 11.9 Å². The van der Waals surface area contributed by atoms with Crippen molar-refractivity contribution in [1.29, 1.82) is 0 Å². The molecule has 0 bridgehead atoms. The molecule has 2 atom stereocenters. The lowest BCUT2D eigenvalue weighted by molar-refractivity contribution is -0.153. The Kier molecular flexibility index (Phi) is 4.27. The highest BCUT2D eigenvalue weighted by Gasteiger charge is 2.44. The first-order valence-corrected chi connectivity index (χ1v) is 4.92. The van der Waals surface area contributed by atoms with Crippen molar-refractivity contribution in [1.82, 2.24) is 0 Å². The third-order valence-corrected chi connectivity index (χ3v) is 2.67. The van der Waals surface area contributed by atoms with E-state index in [9.17, 15) is 9.59 Å². The fraction of sp³-hybridized carbons (Fsp3) is 0.700. The van der Waals surface area contributed by atoms with Gasteiger partial charge in [0.05, 0.1) is 18.9 Å². The van der Waals surface area contributed by atoms with Gasteiger partial charge in [-0.15, -0.1) is 0 Å². The number of carbonyl (C=O) groups excluding carboxylic acids is 3. The van der Waals surface area contributed by atoms with Crippen LogP contribution in [0.3, 0.4) is 0 Å². The van der Waals surface area contributed by atoms with Gasteiger partial charge in [-0.2, -0.15) is 0 Å². The van der Waals surface area contributed by atoms with E-state index in [0.29, 0.717) is 6.47 Å². The Morgan fingerprint density at radius 3 is 1.93 bits per heavy atom. The third-order valence-electron chi connectivity index (χ3n) is 2.67. The molecule has 2 aliphatic rings. The lowest BCUT2D eigenvalue weighted by Crippen LogP contribution is -2.21. The van der Waals surface area contributed by atoms with Gasteiger partial charge in [0, 0.05) is 0 Å². The minimum atomic E-state index is -0.292. The highest BCUT2D eigenvalue weighted by Crippen LogP contribution is 2.36. The highest BCUT2D eigenvalue weighted by molar-refractivity contribution is 5.96. The topological polar surface area (TPSA) is 69.7 Å². The summed E-state index contributed by atoms with van der Waals surface area (Å²) in [5.74, 6) is -0.785. The minimum absolute atomic E-state index is 0.101. The molecule has 0 spiro atoms. The average molecular weight is 214 g/mol. The Bertz CT molecular complexity index is 239. The van der Waals surface area contributed by atoms with Gasteiger partial charge in [-0.3, -0.25) is 14.4 Å². The Morgan fingerprint density at radius 2 is 1.60 bits per heavy atom. The zero-order chi connectivity index (χ0) is 11.3. The van der Waals surface area contributed by atoms with E-state index < -0.39 is 0 Å². The summed E-state index contributed by atoms with van der Waals surface area (Å²) in [5.41, 5.74) is 0. The average Bonchev–Trinajstić information content (AvgIpc) is 2.56. The standard InChI is InChI=1S/C8H10O3.C2H4O2/c9-7-5-3-1-2-4-6(5)8(10)11-7;1-4-2-3/h5-6H,1-4H2;2H,1H3. The summed E-state index contributed by atoms with van der Waals surface area (Å²) in [6.07, 6.45) is 3.80. The van der Waals surface area contributed by atoms with Crippen LogP contribution in [0.25, 0.3) is 0 Å². The molecule has 5 nitrogen and oxygen atoms in total. The van der Waals surface area contributed by atoms with Crippen LogP contribution in [0.1, 0.15) is 25.7 Å². The van der Waals surface area contributed by atoms with Crippen molar-refractivity contribution < 1.29 is 23.9 Å². The number of hydrogen-bond acceptors (Lipinski definition) is 5. The summed E-state index contributed by atoms with van der Waals surface area (Å²) in [6.45, 7) is 0.375. The molecule has 1 saturated heterocycles. The van der Waals surface area contributed by atoms with Crippen molar-refractivity contribution >= 4 is 18.4 Å². The monoisotopic (exact) mass is 214 g/mol. The van der Waals surface area contributed by atoms with E-state index in [1.165, 1.54) is 7.11 Å². The molecule has 2 rings (SSSR count). The van der Waals surface area contributed by atoms with Crippen molar-refractivity contribution in [3.05, 3.63) is 0 Å². The third kappa shape index (κ3) is 2.78. The molecule has 0 N–H and O–H groups in total. The molecule has 0 aromatic heterocycles. The van der Waals surface area contributed by atoms with Crippen molar-refractivity contribution in [3.8, 4) is 0 Å². The van der Waals surface area contributed by atoms with Crippen molar-refractivity contribution in [3.63, 3.8) is 0 Å². The molecule has 1 aliphatic carbocycles. The second-order valence-electron chi connectivity index (χ2n) is 3.57. The van der Waals surface area contributed by atoms with Gasteiger partial charge < -0.3 is 9.47 Å². The van der Waals surface area contributed by atoms with Crippen LogP contribution in [0.15, 0.2) is 0 Å². The van der Waals surface area contributed by atoms with E-state index in [4.69, 9.17) is 4.79 Å². The van der Waals surface area contributed by atoms with E-state index in [-0.39, 0.29) is 23.8 Å². The molecule has 5 heteroatoms. The number of esters is 2. The van der Waals surface area contributed by atoms with Gasteiger partial charge in [0.1, 0.15) is 0 Å². The van der Waals surface area contributed by atoms with Crippen LogP contribution in [-0.2, 0) is 23.9 Å². The Balaban J connectivity index is 0.000000245. The Hall–Kier alpha value is -1.39. The highest BCUT2D eigenvalue weighted by atomic mass is 16.6. The van der Waals surface area contributed by atoms with Crippen LogP contribution in [-0.4, -0.2) is 25.5 Å². The number of hydrogen-bond donors (Lipinski definition) is 0. The predicted octanol–water partition coefficient (Wildman–Crippen LogP) is 0.665. The minimum Gasteiger partial charge on any atom is -0.471 e. The zero-order valence-corrected chi connectivity index (χ0v) is 8.60. The number of rotatable bonds is 1. The molecule has 0 amide bonds. The Morgan fingerprint density at radius 1 is 1.20 bits per heavy atom. The van der Waals surface area contributed by atoms with Crippen LogP contribution in [0.4, 0.5) is 0 Å². The Labute approximate surface area is 87.7 Å². The molecular formula is C10H14O5. The lowest BCUT2D eigenvalue weighted by Gasteiger charge is -2.18. The molecule has 84 valence electrons. The molecular weight excluding hydrogens is 200 g/mol. The molecule has 1 saturated carbocycles. The maximum atomic E-state index is 11.0. The second-order valence-corrected chi connectivity index (χ2v) is 3.57. The van der Waals surface area contributed by atoms with Crippen LogP contribution < -0.4 is 0 Å². The van der Waals surface area contributed by atoms with Gasteiger partial charge in [0.25, 0.3) is 6.47 Å². The number of cyclic esters (lactones) is 2. The predicted molar refractivity (Wildman–Crippen MR) is 49.6 cm³/mol. The number of ether oxygens (including phenoxy) is 2. The van der Waals surface area contributed by atoms with Crippen LogP contribution in [0.2, 0.25) is 0 Å². The summed E-state index contributed by atoms with van der Waals surface area (Å²) in [4.78, 5) is 30.9. The van der Waals surface area contributed by atoms with Gasteiger partial charge in [-0.05, 0) is 12.8 Å². The number of carbonyl (C=O) groups is 3. The first-order chi connectivity index (χ1) is 7.20. The maximum absolute atomic E-state index is 11.0. The quantitative estimate of drug-likeness (QED) is 0.364. The lowest BCUT2D eigenvalue weighted by atomic mass is 9.81. The summed E-state index contributed by atoms with van der Waals surface area (Å²) < 4.78 is 8.39. The summed E-state index contributed by atoms with van der Waals surface area (Å²) in [5, 5.41) is 0. The molecule has 2 unspecified atom stereocenters. The normalized spacial score (nSPS) is 28.3. The fourth-order valence-corrected chi connectivity index (χ4v) is 1.95. The summed E-state index contributed by atoms with van der Waals surface area (Å²) in [6, 6.07) is 0. The molecule has 2 fully saturated rings. The summed E-state index contributed by atoms with van der Waals surface area (Å²) >= 11 is 0. The molecule has 1 heterocycles. The first kappa shape index (κ1) is 11.7. The fourth-order valence-electron chi connectivity index (χ4n) is 1.95. The van der Waals surface area contributed by atoms with Crippen molar-refractivity contribution in [2.45, 2.75) is 25.7 Å². The molecule has 0 radical (unpaired) electrons. The maximum Gasteiger partial charge on any atom is 0.317 e. The van der Waals surface area contributed by atoms with E-state index >= 15 is 0 Å². The van der Waals surface area contributed by atoms with E-state index in [1.54, 1.807) is 0 Å². The largest absolute Gasteiger partial charge is 0.471 e.